The zero-order valence-electron chi connectivity index (χ0n) is 15.3. The van der Waals surface area contributed by atoms with Gasteiger partial charge in [0.25, 0.3) is 0 Å². The summed E-state index contributed by atoms with van der Waals surface area (Å²) in [7, 11) is -3.13. The number of sulfone groups is 1. The first-order valence-corrected chi connectivity index (χ1v) is 10.2. The van der Waals surface area contributed by atoms with Gasteiger partial charge < -0.3 is 15.0 Å². The minimum Gasteiger partial charge on any atom is -0.381 e. The number of hydrogen-bond donors (Lipinski definition) is 1. The molecule has 0 bridgehead atoms. The largest absolute Gasteiger partial charge is 0.381 e. The lowest BCUT2D eigenvalue weighted by molar-refractivity contribution is 0.114. The summed E-state index contributed by atoms with van der Waals surface area (Å²) in [6.07, 6.45) is 1.09. The molecular formula is C16H33N3O3S. The molecule has 1 heterocycles. The quantitative estimate of drug-likeness (QED) is 0.558. The zero-order valence-corrected chi connectivity index (χ0v) is 16.1. The molecule has 0 amide bonds. The van der Waals surface area contributed by atoms with Crippen LogP contribution >= 0.6 is 0 Å². The van der Waals surface area contributed by atoms with E-state index in [0.717, 1.165) is 45.2 Å². The molecule has 0 spiro atoms. The summed E-state index contributed by atoms with van der Waals surface area (Å²) in [4.78, 5) is 6.73. The first-order chi connectivity index (χ1) is 10.7. The van der Waals surface area contributed by atoms with Crippen LogP contribution in [0.25, 0.3) is 0 Å². The zero-order chi connectivity index (χ0) is 17.5. The Bertz CT molecular complexity index is 483. The molecule has 0 aromatic rings. The van der Waals surface area contributed by atoms with E-state index in [1.807, 2.05) is 13.8 Å². The molecule has 1 saturated heterocycles. The van der Waals surface area contributed by atoms with Crippen molar-refractivity contribution in [2.24, 2.45) is 10.9 Å². The van der Waals surface area contributed by atoms with E-state index in [1.165, 1.54) is 0 Å². The fourth-order valence-electron chi connectivity index (χ4n) is 2.45. The smallest absolute Gasteiger partial charge is 0.193 e. The van der Waals surface area contributed by atoms with Gasteiger partial charge in [-0.3, -0.25) is 4.99 Å². The summed E-state index contributed by atoms with van der Waals surface area (Å²) >= 11 is 0. The Morgan fingerprint density at radius 1 is 1.35 bits per heavy atom. The monoisotopic (exact) mass is 347 g/mol. The Hall–Kier alpha value is -0.820. The van der Waals surface area contributed by atoms with Crippen LogP contribution in [0.1, 0.15) is 41.0 Å². The highest BCUT2D eigenvalue weighted by Gasteiger charge is 2.29. The molecule has 0 radical (unpaired) electrons. The van der Waals surface area contributed by atoms with Gasteiger partial charge in [0.2, 0.25) is 0 Å². The molecule has 1 atom stereocenters. The molecule has 6 nitrogen and oxygen atoms in total. The van der Waals surface area contributed by atoms with Gasteiger partial charge in [0, 0.05) is 32.2 Å². The van der Waals surface area contributed by atoms with Crippen molar-refractivity contribution in [1.82, 2.24) is 10.2 Å². The van der Waals surface area contributed by atoms with Gasteiger partial charge in [-0.05, 0) is 41.0 Å². The number of hydrogen-bond acceptors (Lipinski definition) is 4. The van der Waals surface area contributed by atoms with Gasteiger partial charge in [-0.1, -0.05) is 0 Å². The van der Waals surface area contributed by atoms with Gasteiger partial charge in [0.1, 0.15) is 0 Å². The van der Waals surface area contributed by atoms with E-state index in [9.17, 15) is 8.42 Å². The molecule has 1 aliphatic heterocycles. The average molecular weight is 348 g/mol. The van der Waals surface area contributed by atoms with E-state index in [0.29, 0.717) is 12.5 Å². The fourth-order valence-corrected chi connectivity index (χ4v) is 3.39. The Morgan fingerprint density at radius 3 is 2.61 bits per heavy atom. The minimum absolute atomic E-state index is 0.0849. The van der Waals surface area contributed by atoms with Crippen molar-refractivity contribution in [2.45, 2.75) is 45.8 Å². The van der Waals surface area contributed by atoms with E-state index in [2.05, 4.69) is 15.2 Å². The van der Waals surface area contributed by atoms with Gasteiger partial charge in [-0.15, -0.1) is 0 Å². The molecule has 23 heavy (non-hydrogen) atoms. The molecule has 1 aliphatic rings. The molecule has 0 aromatic carbocycles. The SMILES string of the molecule is CCNC(=NCCS(=O)(=O)C(C)(C)C)N1CCC(COCC)C1. The molecule has 1 unspecified atom stereocenters. The van der Waals surface area contributed by atoms with Crippen LogP contribution in [-0.2, 0) is 14.6 Å². The van der Waals surface area contributed by atoms with E-state index in [4.69, 9.17) is 4.74 Å². The summed E-state index contributed by atoms with van der Waals surface area (Å²) in [5, 5.41) is 3.27. The number of ether oxygens (including phenoxy) is 1. The predicted octanol–water partition coefficient (Wildman–Crippen LogP) is 1.52. The Balaban J connectivity index is 2.61. The molecule has 136 valence electrons. The Labute approximate surface area is 141 Å². The number of aliphatic imine (C=N–C) groups is 1. The maximum atomic E-state index is 12.2. The predicted molar refractivity (Wildman–Crippen MR) is 95.7 cm³/mol. The molecule has 1 rings (SSSR count). The molecule has 7 heteroatoms. The van der Waals surface area contributed by atoms with Crippen molar-refractivity contribution in [2.75, 3.05) is 45.1 Å². The van der Waals surface area contributed by atoms with Crippen LogP contribution in [0.5, 0.6) is 0 Å². The second-order valence-electron chi connectivity index (χ2n) is 6.93. The third-order valence-electron chi connectivity index (χ3n) is 4.03. The van der Waals surface area contributed by atoms with Crippen LogP contribution in [0, 0.1) is 5.92 Å². The number of nitrogens with one attached hydrogen (secondary N) is 1. The molecule has 0 aliphatic carbocycles. The molecule has 0 aromatic heterocycles. The van der Waals surface area contributed by atoms with Crippen molar-refractivity contribution in [3.05, 3.63) is 0 Å². The standard InChI is InChI=1S/C16H33N3O3S/c1-6-17-15(18-9-11-23(20,21)16(3,4)5)19-10-8-14(12-19)13-22-7-2/h14H,6-13H2,1-5H3,(H,17,18). The van der Waals surface area contributed by atoms with Crippen molar-refractivity contribution in [3.63, 3.8) is 0 Å². The Morgan fingerprint density at radius 2 is 2.04 bits per heavy atom. The van der Waals surface area contributed by atoms with Crippen LogP contribution in [0.4, 0.5) is 0 Å². The number of guanidine groups is 1. The van der Waals surface area contributed by atoms with Crippen LogP contribution in [-0.4, -0.2) is 69.2 Å². The lowest BCUT2D eigenvalue weighted by Crippen LogP contribution is -2.41. The number of rotatable bonds is 7. The summed E-state index contributed by atoms with van der Waals surface area (Å²) in [6.45, 7) is 13.7. The molecule has 1 fully saturated rings. The van der Waals surface area contributed by atoms with E-state index in [-0.39, 0.29) is 5.75 Å². The van der Waals surface area contributed by atoms with Gasteiger partial charge in [0.15, 0.2) is 15.8 Å². The highest BCUT2D eigenvalue weighted by molar-refractivity contribution is 7.92. The van der Waals surface area contributed by atoms with Crippen LogP contribution in [0.15, 0.2) is 4.99 Å². The van der Waals surface area contributed by atoms with E-state index in [1.54, 1.807) is 20.8 Å². The molecule has 1 N–H and O–H groups in total. The van der Waals surface area contributed by atoms with Crippen LogP contribution < -0.4 is 5.32 Å². The van der Waals surface area contributed by atoms with E-state index >= 15 is 0 Å². The van der Waals surface area contributed by atoms with E-state index < -0.39 is 14.6 Å². The second kappa shape index (κ2) is 8.87. The van der Waals surface area contributed by atoms with Gasteiger partial charge in [0.05, 0.1) is 23.7 Å². The first-order valence-electron chi connectivity index (χ1n) is 8.54. The topological polar surface area (TPSA) is 71.0 Å². The second-order valence-corrected chi connectivity index (χ2v) is 9.79. The minimum atomic E-state index is -3.13. The van der Waals surface area contributed by atoms with Crippen LogP contribution in [0.3, 0.4) is 0 Å². The van der Waals surface area contributed by atoms with Crippen LogP contribution in [0.2, 0.25) is 0 Å². The van der Waals surface area contributed by atoms with Gasteiger partial charge >= 0.3 is 0 Å². The maximum Gasteiger partial charge on any atom is 0.193 e. The normalized spacial score (nSPS) is 20.1. The molecular weight excluding hydrogens is 314 g/mol. The summed E-state index contributed by atoms with van der Waals surface area (Å²) in [5.74, 6) is 1.43. The highest BCUT2D eigenvalue weighted by Crippen LogP contribution is 2.18. The summed E-state index contributed by atoms with van der Waals surface area (Å²) in [5.41, 5.74) is 0. The lowest BCUT2D eigenvalue weighted by Gasteiger charge is -2.22. The van der Waals surface area contributed by atoms with Crippen molar-refractivity contribution in [3.8, 4) is 0 Å². The molecule has 0 saturated carbocycles. The average Bonchev–Trinajstić information content (AvgIpc) is 2.91. The third kappa shape index (κ3) is 6.30. The first kappa shape index (κ1) is 20.2. The van der Waals surface area contributed by atoms with Crippen molar-refractivity contribution < 1.29 is 13.2 Å². The Kier molecular flexibility index (Phi) is 7.80. The lowest BCUT2D eigenvalue weighted by atomic mass is 10.1. The number of nitrogens with zero attached hydrogens (tertiary/aromatic N) is 2. The fraction of sp³-hybridized carbons (Fsp3) is 0.938. The number of likely N-dealkylation sites (tertiary alicyclic amines) is 1. The van der Waals surface area contributed by atoms with Crippen molar-refractivity contribution in [1.29, 1.82) is 0 Å². The summed E-state index contributed by atoms with van der Waals surface area (Å²) < 4.78 is 29.1. The van der Waals surface area contributed by atoms with Crippen molar-refractivity contribution >= 4 is 15.8 Å². The maximum absolute atomic E-state index is 12.2. The van der Waals surface area contributed by atoms with Gasteiger partial charge in [-0.25, -0.2) is 8.42 Å². The third-order valence-corrected chi connectivity index (χ3v) is 6.62. The highest BCUT2D eigenvalue weighted by atomic mass is 32.2. The van der Waals surface area contributed by atoms with Gasteiger partial charge in [-0.2, -0.15) is 0 Å². The summed E-state index contributed by atoms with van der Waals surface area (Å²) in [6, 6.07) is 0.